The van der Waals surface area contributed by atoms with Crippen molar-refractivity contribution in [1.82, 2.24) is 0 Å². The summed E-state index contributed by atoms with van der Waals surface area (Å²) >= 11 is 0. The monoisotopic (exact) mass is 120 g/mol. The molecule has 1 rings (SSSR count). The maximum Gasteiger partial charge on any atom is 1.00 e. The molecule has 0 unspecified atom stereocenters. The molecule has 0 bridgehead atoms. The van der Waals surface area contributed by atoms with E-state index in [9.17, 15) is 0 Å². The van der Waals surface area contributed by atoms with Gasteiger partial charge in [-0.25, -0.2) is 0 Å². The van der Waals surface area contributed by atoms with Crippen molar-refractivity contribution in [2.75, 3.05) is 13.1 Å². The Labute approximate surface area is 72.1 Å². The van der Waals surface area contributed by atoms with Crippen LogP contribution in [0.15, 0.2) is 4.99 Å². The quantitative estimate of drug-likeness (QED) is 0.364. The summed E-state index contributed by atoms with van der Waals surface area (Å²) in [5, 5.41) is 4.10. The summed E-state index contributed by atoms with van der Waals surface area (Å²) in [6.07, 6.45) is 1.00. The summed E-state index contributed by atoms with van der Waals surface area (Å²) in [5.74, 6) is 1.04. The molecule has 0 saturated carbocycles. The van der Waals surface area contributed by atoms with E-state index in [4.69, 9.17) is 0 Å². The first-order chi connectivity index (χ1) is 3.43. The predicted molar refractivity (Wildman–Crippen MR) is 30.8 cm³/mol. The molecular formula is C5H9N2Na. The summed E-state index contributed by atoms with van der Waals surface area (Å²) in [4.78, 5) is 4.10. The third-order valence-electron chi connectivity index (χ3n) is 1.00. The summed E-state index contributed by atoms with van der Waals surface area (Å²) in [7, 11) is 0. The molecule has 3 heteroatoms. The number of nitrogens with zero attached hydrogens (tertiary/aromatic N) is 2. The number of hydrogen-bond donors (Lipinski definition) is 0. The summed E-state index contributed by atoms with van der Waals surface area (Å²) in [6.45, 7) is 3.92. The zero-order chi connectivity index (χ0) is 5.11. The standard InChI is InChI=1S/C5H9N2.Na/c1-2-5-6-3-4-7-5;/h2-4H2,1H3;/q-1;+1. The van der Waals surface area contributed by atoms with Crippen molar-refractivity contribution in [1.29, 1.82) is 0 Å². The largest absolute Gasteiger partial charge is 1.00 e. The molecule has 0 N–H and O–H groups in total. The van der Waals surface area contributed by atoms with E-state index >= 15 is 0 Å². The van der Waals surface area contributed by atoms with Gasteiger partial charge < -0.3 is 10.3 Å². The molecule has 1 aliphatic rings. The number of aliphatic imine (C=N–C) groups is 1. The van der Waals surface area contributed by atoms with Crippen LogP contribution in [-0.2, 0) is 0 Å². The third kappa shape index (κ3) is 2.16. The zero-order valence-electron chi connectivity index (χ0n) is 5.52. The zero-order valence-corrected chi connectivity index (χ0v) is 7.52. The van der Waals surface area contributed by atoms with E-state index in [0.717, 1.165) is 25.3 Å². The Hall–Kier alpha value is 0.470. The molecule has 0 radical (unpaired) electrons. The maximum absolute atomic E-state index is 4.10. The van der Waals surface area contributed by atoms with E-state index < -0.39 is 0 Å². The van der Waals surface area contributed by atoms with Gasteiger partial charge in [-0.1, -0.05) is 25.8 Å². The van der Waals surface area contributed by atoms with Crippen molar-refractivity contribution in [3.8, 4) is 0 Å². The van der Waals surface area contributed by atoms with Gasteiger partial charge in [0.2, 0.25) is 0 Å². The average Bonchev–Trinajstić information content (AvgIpc) is 2.14. The molecule has 0 aromatic heterocycles. The predicted octanol–water partition coefficient (Wildman–Crippen LogP) is -1.81. The van der Waals surface area contributed by atoms with Crippen LogP contribution in [0.4, 0.5) is 0 Å². The average molecular weight is 120 g/mol. The normalized spacial score (nSPS) is 16.4. The minimum absolute atomic E-state index is 0. The fourth-order valence-electron chi connectivity index (χ4n) is 0.632. The van der Waals surface area contributed by atoms with Crippen LogP contribution in [0.3, 0.4) is 0 Å². The number of rotatable bonds is 1. The van der Waals surface area contributed by atoms with Gasteiger partial charge in [0.05, 0.1) is 0 Å². The van der Waals surface area contributed by atoms with Crippen molar-refractivity contribution in [2.24, 2.45) is 4.99 Å². The first-order valence-corrected chi connectivity index (χ1v) is 2.64. The molecule has 2 nitrogen and oxygen atoms in total. The van der Waals surface area contributed by atoms with Gasteiger partial charge in [-0.2, -0.15) is 0 Å². The second-order valence-corrected chi connectivity index (χ2v) is 1.53. The first-order valence-electron chi connectivity index (χ1n) is 2.64. The van der Waals surface area contributed by atoms with Crippen LogP contribution < -0.4 is 29.6 Å². The van der Waals surface area contributed by atoms with Crippen LogP contribution in [0, 0.1) is 0 Å². The van der Waals surface area contributed by atoms with Gasteiger partial charge in [-0.05, 0) is 6.42 Å². The fraction of sp³-hybridized carbons (Fsp3) is 0.800. The Morgan fingerprint density at radius 2 is 2.50 bits per heavy atom. The molecule has 0 spiro atoms. The van der Waals surface area contributed by atoms with Crippen LogP contribution in [-0.4, -0.2) is 18.9 Å². The van der Waals surface area contributed by atoms with Gasteiger partial charge >= 0.3 is 29.6 Å². The minimum Gasteiger partial charge on any atom is -0.469 e. The molecule has 0 fully saturated rings. The molecule has 0 amide bonds. The molecule has 0 aliphatic carbocycles. The Morgan fingerprint density at radius 3 is 2.75 bits per heavy atom. The van der Waals surface area contributed by atoms with Crippen LogP contribution >= 0.6 is 0 Å². The number of amidine groups is 1. The number of hydrogen-bond acceptors (Lipinski definition) is 1. The molecule has 0 aromatic carbocycles. The Bertz CT molecular complexity index is 90.4. The maximum atomic E-state index is 4.10. The van der Waals surface area contributed by atoms with Gasteiger partial charge in [0.15, 0.2) is 0 Å². The molecule has 0 saturated heterocycles. The summed E-state index contributed by atoms with van der Waals surface area (Å²) < 4.78 is 0. The Morgan fingerprint density at radius 1 is 1.75 bits per heavy atom. The molecule has 0 aromatic rings. The van der Waals surface area contributed by atoms with Crippen molar-refractivity contribution in [3.05, 3.63) is 5.32 Å². The molecule has 40 valence electrons. The van der Waals surface area contributed by atoms with E-state index in [-0.39, 0.29) is 29.6 Å². The van der Waals surface area contributed by atoms with Crippen molar-refractivity contribution < 1.29 is 29.6 Å². The van der Waals surface area contributed by atoms with Crippen LogP contribution in [0.2, 0.25) is 0 Å². The van der Waals surface area contributed by atoms with E-state index in [1.165, 1.54) is 0 Å². The van der Waals surface area contributed by atoms with E-state index in [0.29, 0.717) is 0 Å². The Balaban J connectivity index is 0.000000490. The molecule has 1 heterocycles. The molecule has 8 heavy (non-hydrogen) atoms. The van der Waals surface area contributed by atoms with Gasteiger partial charge in [0, 0.05) is 0 Å². The van der Waals surface area contributed by atoms with Gasteiger partial charge in [0.25, 0.3) is 0 Å². The van der Waals surface area contributed by atoms with E-state index in [1.807, 2.05) is 0 Å². The first kappa shape index (κ1) is 8.47. The molecule has 0 atom stereocenters. The topological polar surface area (TPSA) is 26.5 Å². The van der Waals surface area contributed by atoms with E-state index in [2.05, 4.69) is 17.2 Å². The van der Waals surface area contributed by atoms with Gasteiger partial charge in [0.1, 0.15) is 0 Å². The second-order valence-electron chi connectivity index (χ2n) is 1.53. The van der Waals surface area contributed by atoms with Crippen molar-refractivity contribution in [3.63, 3.8) is 0 Å². The van der Waals surface area contributed by atoms with Gasteiger partial charge in [-0.3, -0.25) is 0 Å². The van der Waals surface area contributed by atoms with Crippen molar-refractivity contribution >= 4 is 5.84 Å². The van der Waals surface area contributed by atoms with Crippen LogP contribution in [0.5, 0.6) is 0 Å². The minimum atomic E-state index is 0. The molecule has 1 aliphatic heterocycles. The van der Waals surface area contributed by atoms with Gasteiger partial charge in [-0.15, -0.1) is 0 Å². The fourth-order valence-corrected chi connectivity index (χ4v) is 0.632. The second kappa shape index (κ2) is 4.36. The summed E-state index contributed by atoms with van der Waals surface area (Å²) in [6, 6.07) is 0. The smallest absolute Gasteiger partial charge is 0.469 e. The Kier molecular flexibility index (Phi) is 4.61. The van der Waals surface area contributed by atoms with E-state index in [1.54, 1.807) is 0 Å². The van der Waals surface area contributed by atoms with Crippen LogP contribution in [0.1, 0.15) is 13.3 Å². The van der Waals surface area contributed by atoms with Crippen LogP contribution in [0.25, 0.3) is 5.32 Å². The summed E-state index contributed by atoms with van der Waals surface area (Å²) in [5.41, 5.74) is 0. The third-order valence-corrected chi connectivity index (χ3v) is 1.00. The van der Waals surface area contributed by atoms with Crippen molar-refractivity contribution in [2.45, 2.75) is 13.3 Å². The SMILES string of the molecule is CCC1=NCC[N-]1.[Na+]. The molecular weight excluding hydrogens is 111 g/mol.